The number of imide groups is 1. The first-order chi connectivity index (χ1) is 15.4. The Hall–Kier alpha value is -3.52. The van der Waals surface area contributed by atoms with Crippen molar-refractivity contribution in [1.29, 1.82) is 0 Å². The number of benzene rings is 2. The summed E-state index contributed by atoms with van der Waals surface area (Å²) in [5, 5.41) is 2.22. The van der Waals surface area contributed by atoms with Gasteiger partial charge in [-0.25, -0.2) is 0 Å². The summed E-state index contributed by atoms with van der Waals surface area (Å²) in [5.74, 6) is -0.230. The fourth-order valence-electron chi connectivity index (χ4n) is 2.93. The summed E-state index contributed by atoms with van der Waals surface area (Å²) in [6.45, 7) is 2.10. The zero-order chi connectivity index (χ0) is 23.1. The lowest BCUT2D eigenvalue weighted by molar-refractivity contribution is -0.127. The van der Waals surface area contributed by atoms with E-state index >= 15 is 0 Å². The minimum atomic E-state index is -0.477. The second kappa shape index (κ2) is 10.7. The summed E-state index contributed by atoms with van der Waals surface area (Å²) >= 11 is 0.823. The molecule has 0 bridgehead atoms. The Morgan fingerprint density at radius 3 is 2.41 bits per heavy atom. The van der Waals surface area contributed by atoms with Gasteiger partial charge in [0.1, 0.15) is 12.3 Å². The van der Waals surface area contributed by atoms with Gasteiger partial charge in [0.05, 0.1) is 11.5 Å². The summed E-state index contributed by atoms with van der Waals surface area (Å²) in [5.41, 5.74) is 2.62. The summed E-state index contributed by atoms with van der Waals surface area (Å²) in [4.78, 5) is 40.4. The lowest BCUT2D eigenvalue weighted by Gasteiger charge is -2.12. The van der Waals surface area contributed by atoms with Gasteiger partial charge in [-0.2, -0.15) is 0 Å². The third kappa shape index (κ3) is 6.01. The molecular weight excluding hydrogens is 426 g/mol. The zero-order valence-electron chi connectivity index (χ0n) is 18.2. The molecule has 0 spiro atoms. The van der Waals surface area contributed by atoms with Gasteiger partial charge in [0.15, 0.2) is 0 Å². The van der Waals surface area contributed by atoms with Gasteiger partial charge in [0.25, 0.3) is 11.1 Å². The van der Waals surface area contributed by atoms with E-state index in [0.29, 0.717) is 18.0 Å². The van der Waals surface area contributed by atoms with Crippen LogP contribution in [0, 0.1) is 0 Å². The quantitative estimate of drug-likeness (QED) is 0.600. The molecular formula is C24H25N3O4S. The maximum Gasteiger partial charge on any atom is 0.294 e. The Morgan fingerprint density at radius 2 is 1.78 bits per heavy atom. The summed E-state index contributed by atoms with van der Waals surface area (Å²) in [6, 6.07) is 14.8. The monoisotopic (exact) mass is 451 g/mol. The molecule has 0 atom stereocenters. The normalized spacial score (nSPS) is 15.0. The summed E-state index contributed by atoms with van der Waals surface area (Å²) in [6.07, 6.45) is 5.17. The van der Waals surface area contributed by atoms with E-state index in [1.54, 1.807) is 36.4 Å². The maximum atomic E-state index is 12.6. The molecule has 0 radical (unpaired) electrons. The Balaban J connectivity index is 1.58. The smallest absolute Gasteiger partial charge is 0.294 e. The average molecular weight is 452 g/mol. The van der Waals surface area contributed by atoms with Crippen molar-refractivity contribution in [2.45, 2.75) is 6.92 Å². The van der Waals surface area contributed by atoms with E-state index < -0.39 is 17.1 Å². The third-order valence-corrected chi connectivity index (χ3v) is 5.50. The van der Waals surface area contributed by atoms with Gasteiger partial charge in [0.2, 0.25) is 5.91 Å². The number of rotatable bonds is 8. The van der Waals surface area contributed by atoms with Crippen LogP contribution in [0.25, 0.3) is 6.08 Å². The minimum absolute atomic E-state index is 0.282. The van der Waals surface area contributed by atoms with E-state index in [9.17, 15) is 14.4 Å². The molecule has 166 valence electrons. The number of nitrogens with zero attached hydrogens (tertiary/aromatic N) is 2. The topological polar surface area (TPSA) is 79.0 Å². The molecule has 0 saturated carbocycles. The van der Waals surface area contributed by atoms with Gasteiger partial charge < -0.3 is 15.0 Å². The van der Waals surface area contributed by atoms with Crippen molar-refractivity contribution in [3.05, 3.63) is 71.2 Å². The first-order valence-electron chi connectivity index (χ1n) is 10.1. The van der Waals surface area contributed by atoms with Crippen LogP contribution in [-0.4, -0.2) is 49.2 Å². The molecule has 1 saturated heterocycles. The number of nitrogens with one attached hydrogen (secondary N) is 1. The first kappa shape index (κ1) is 23.1. The number of hydrogen-bond acceptors (Lipinski definition) is 6. The Kier molecular flexibility index (Phi) is 7.72. The minimum Gasteiger partial charge on any atom is -0.494 e. The highest BCUT2D eigenvalue weighted by Crippen LogP contribution is 2.30. The van der Waals surface area contributed by atoms with Crippen LogP contribution in [0.3, 0.4) is 0 Å². The van der Waals surface area contributed by atoms with E-state index in [1.807, 2.05) is 56.3 Å². The fraction of sp³-hybridized carbons (Fsp3) is 0.208. The van der Waals surface area contributed by atoms with Crippen LogP contribution in [0.4, 0.5) is 16.2 Å². The molecule has 3 amide bonds. The molecule has 1 N–H and O–H groups in total. The number of carbonyl (C=O) groups excluding carboxylic acids is 3. The SMILES string of the molecule is CCOc1ccc(NC(=O)CN2C(=O)S/C(=C/C=C/c3ccc(N(C)C)cc3)C2=O)cc1. The molecule has 2 aromatic carbocycles. The van der Waals surface area contributed by atoms with E-state index in [-0.39, 0.29) is 11.4 Å². The van der Waals surface area contributed by atoms with Gasteiger partial charge in [-0.1, -0.05) is 24.3 Å². The van der Waals surface area contributed by atoms with Gasteiger partial charge >= 0.3 is 0 Å². The third-order valence-electron chi connectivity index (χ3n) is 4.57. The van der Waals surface area contributed by atoms with E-state index in [0.717, 1.165) is 27.9 Å². The number of allylic oxidation sites excluding steroid dienone is 2. The fourth-order valence-corrected chi connectivity index (χ4v) is 3.72. The lowest BCUT2D eigenvalue weighted by Crippen LogP contribution is -2.36. The van der Waals surface area contributed by atoms with Gasteiger partial charge in [-0.15, -0.1) is 0 Å². The second-order valence-electron chi connectivity index (χ2n) is 7.14. The first-order valence-corrected chi connectivity index (χ1v) is 10.9. The summed E-state index contributed by atoms with van der Waals surface area (Å²) in [7, 11) is 3.94. The highest BCUT2D eigenvalue weighted by Gasteiger charge is 2.35. The van der Waals surface area contributed by atoms with Gasteiger partial charge in [0, 0.05) is 25.5 Å². The van der Waals surface area contributed by atoms with Crippen LogP contribution < -0.4 is 15.0 Å². The molecule has 1 aliphatic heterocycles. The highest BCUT2D eigenvalue weighted by molar-refractivity contribution is 8.18. The Bertz CT molecular complexity index is 1040. The van der Waals surface area contributed by atoms with Crippen LogP contribution in [0.2, 0.25) is 0 Å². The van der Waals surface area contributed by atoms with Crippen molar-refractivity contribution in [3.63, 3.8) is 0 Å². The van der Waals surface area contributed by atoms with Crippen molar-refractivity contribution in [1.82, 2.24) is 4.90 Å². The number of carbonyl (C=O) groups is 3. The number of hydrogen-bond donors (Lipinski definition) is 1. The van der Waals surface area contributed by atoms with Crippen molar-refractivity contribution < 1.29 is 19.1 Å². The molecule has 32 heavy (non-hydrogen) atoms. The Morgan fingerprint density at radius 1 is 1.09 bits per heavy atom. The van der Waals surface area contributed by atoms with Gasteiger partial charge in [-0.05, 0) is 66.7 Å². The number of thioether (sulfide) groups is 1. The zero-order valence-corrected chi connectivity index (χ0v) is 19.0. The van der Waals surface area contributed by atoms with E-state index in [2.05, 4.69) is 5.32 Å². The second-order valence-corrected chi connectivity index (χ2v) is 8.13. The molecule has 1 heterocycles. The molecule has 1 fully saturated rings. The number of anilines is 2. The Labute approximate surface area is 191 Å². The molecule has 3 rings (SSSR count). The highest BCUT2D eigenvalue weighted by atomic mass is 32.2. The largest absolute Gasteiger partial charge is 0.494 e. The molecule has 8 heteroatoms. The van der Waals surface area contributed by atoms with E-state index in [1.165, 1.54) is 0 Å². The molecule has 0 aromatic heterocycles. The van der Waals surface area contributed by atoms with Crippen LogP contribution in [0.15, 0.2) is 65.6 Å². The van der Waals surface area contributed by atoms with Gasteiger partial charge in [-0.3, -0.25) is 19.3 Å². The predicted octanol–water partition coefficient (Wildman–Crippen LogP) is 4.38. The molecule has 0 unspecified atom stereocenters. The van der Waals surface area contributed by atoms with Crippen LogP contribution in [0.1, 0.15) is 12.5 Å². The van der Waals surface area contributed by atoms with Crippen LogP contribution in [0.5, 0.6) is 5.75 Å². The molecule has 0 aliphatic carbocycles. The number of ether oxygens (including phenoxy) is 1. The maximum absolute atomic E-state index is 12.6. The summed E-state index contributed by atoms with van der Waals surface area (Å²) < 4.78 is 5.36. The average Bonchev–Trinajstić information content (AvgIpc) is 3.03. The van der Waals surface area contributed by atoms with Crippen LogP contribution in [-0.2, 0) is 9.59 Å². The van der Waals surface area contributed by atoms with Crippen LogP contribution >= 0.6 is 11.8 Å². The predicted molar refractivity (Wildman–Crippen MR) is 129 cm³/mol. The lowest BCUT2D eigenvalue weighted by atomic mass is 10.2. The molecule has 2 aromatic rings. The standard InChI is InChI=1S/C24H25N3O4S/c1-4-31-20-14-10-18(11-15-20)25-22(28)16-27-23(29)21(32-24(27)30)7-5-6-17-8-12-19(13-9-17)26(2)3/h5-15H,4,16H2,1-3H3,(H,25,28)/b6-5+,21-7+. The van der Waals surface area contributed by atoms with Crippen molar-refractivity contribution in [3.8, 4) is 5.75 Å². The van der Waals surface area contributed by atoms with Crippen molar-refractivity contribution in [2.24, 2.45) is 0 Å². The molecule has 1 aliphatic rings. The molecule has 7 nitrogen and oxygen atoms in total. The number of amides is 3. The van der Waals surface area contributed by atoms with E-state index in [4.69, 9.17) is 4.74 Å². The van der Waals surface area contributed by atoms with Crippen molar-refractivity contribution >= 4 is 46.3 Å². The van der Waals surface area contributed by atoms with Crippen molar-refractivity contribution in [2.75, 3.05) is 37.5 Å².